The number of fused-ring (bicyclic) bond motifs is 1. The van der Waals surface area contributed by atoms with Gasteiger partial charge in [-0.25, -0.2) is 0 Å². The smallest absolute Gasteiger partial charge is 0.269 e. The van der Waals surface area contributed by atoms with Crippen LogP contribution in [0.1, 0.15) is 36.6 Å². The summed E-state index contributed by atoms with van der Waals surface area (Å²) in [5.41, 5.74) is 3.45. The molecule has 0 spiro atoms. The zero-order valence-electron chi connectivity index (χ0n) is 14.9. The monoisotopic (exact) mass is 378 g/mol. The topological polar surface area (TPSA) is 73.6 Å². The van der Waals surface area contributed by atoms with E-state index in [1.165, 1.54) is 5.56 Å². The molecule has 0 fully saturated rings. The summed E-state index contributed by atoms with van der Waals surface area (Å²) in [5, 5.41) is 14.4. The van der Waals surface area contributed by atoms with E-state index in [-0.39, 0.29) is 29.1 Å². The Hall–Kier alpha value is -2.31. The van der Waals surface area contributed by atoms with Crippen molar-refractivity contribution < 1.29 is 14.4 Å². The molecule has 2 aromatic rings. The lowest BCUT2D eigenvalue weighted by atomic mass is 9.89. The van der Waals surface area contributed by atoms with Crippen molar-refractivity contribution in [3.8, 4) is 11.5 Å². The van der Waals surface area contributed by atoms with Gasteiger partial charge in [0.25, 0.3) is 5.69 Å². The Morgan fingerprint density at radius 1 is 1.12 bits per heavy atom. The number of nitrogens with zero attached hydrogens (tertiary/aromatic N) is 1. The van der Waals surface area contributed by atoms with Crippen molar-refractivity contribution in [1.82, 2.24) is 5.32 Å². The molecule has 3 rings (SSSR count). The summed E-state index contributed by atoms with van der Waals surface area (Å²) in [6.07, 6.45) is 0.908. The number of nitro benzene ring substituents is 1. The normalized spacial score (nSPS) is 15.5. The minimum absolute atomic E-state index is 0. The molecule has 1 unspecified atom stereocenters. The molecule has 0 bridgehead atoms. The molecule has 0 radical (unpaired) electrons. The van der Waals surface area contributed by atoms with E-state index in [1.807, 2.05) is 32.0 Å². The lowest BCUT2D eigenvalue weighted by Gasteiger charge is -2.28. The quantitative estimate of drug-likeness (QED) is 0.606. The zero-order chi connectivity index (χ0) is 17.8. The summed E-state index contributed by atoms with van der Waals surface area (Å²) in [6, 6.07) is 10.8. The highest BCUT2D eigenvalue weighted by molar-refractivity contribution is 5.85. The first-order chi connectivity index (χ1) is 12.1. The molecule has 1 aliphatic heterocycles. The fraction of sp³-hybridized carbons (Fsp3) is 0.368. The zero-order valence-corrected chi connectivity index (χ0v) is 15.7. The first-order valence-corrected chi connectivity index (χ1v) is 8.54. The minimum Gasteiger partial charge on any atom is -0.490 e. The fourth-order valence-electron chi connectivity index (χ4n) is 3.19. The molecule has 2 aromatic carbocycles. The lowest BCUT2D eigenvalue weighted by Crippen LogP contribution is -2.30. The van der Waals surface area contributed by atoms with Crippen LogP contribution >= 0.6 is 12.4 Å². The lowest BCUT2D eigenvalue weighted by molar-refractivity contribution is -0.384. The van der Waals surface area contributed by atoms with Gasteiger partial charge in [0.1, 0.15) is 0 Å². The SMILES string of the molecule is CCOc1cc2c(cc1OCC)C(c1ccc([N+](=O)[O-])cc1)NCC2.Cl. The highest BCUT2D eigenvalue weighted by Crippen LogP contribution is 2.38. The summed E-state index contributed by atoms with van der Waals surface area (Å²) >= 11 is 0. The number of halogens is 1. The molecule has 1 heterocycles. The predicted octanol–water partition coefficient (Wildman–Crippen LogP) is 4.05. The van der Waals surface area contributed by atoms with Crippen molar-refractivity contribution in [2.75, 3.05) is 19.8 Å². The van der Waals surface area contributed by atoms with Crippen LogP contribution in [0, 0.1) is 10.1 Å². The van der Waals surface area contributed by atoms with E-state index in [0.29, 0.717) is 13.2 Å². The third kappa shape index (κ3) is 4.08. The Kier molecular flexibility index (Phi) is 6.83. The van der Waals surface area contributed by atoms with E-state index >= 15 is 0 Å². The fourth-order valence-corrected chi connectivity index (χ4v) is 3.19. The van der Waals surface area contributed by atoms with E-state index in [4.69, 9.17) is 9.47 Å². The second kappa shape index (κ2) is 8.87. The standard InChI is InChI=1S/C19H22N2O4.ClH/c1-3-24-17-11-14-9-10-20-19(16(14)12-18(17)25-4-2)13-5-7-15(8-6-13)21(22)23;/h5-8,11-12,19-20H,3-4,9-10H2,1-2H3;1H. The predicted molar refractivity (Wildman–Crippen MR) is 103 cm³/mol. The Labute approximate surface area is 159 Å². The third-order valence-corrected chi connectivity index (χ3v) is 4.30. The summed E-state index contributed by atoms with van der Waals surface area (Å²) in [7, 11) is 0. The number of non-ortho nitro benzene ring substituents is 1. The number of nitrogens with one attached hydrogen (secondary N) is 1. The molecular weight excluding hydrogens is 356 g/mol. The van der Waals surface area contributed by atoms with Crippen LogP contribution in [0.15, 0.2) is 36.4 Å². The first kappa shape index (κ1) is 20.0. The van der Waals surface area contributed by atoms with Gasteiger partial charge in [-0.2, -0.15) is 0 Å². The molecule has 0 amide bonds. The van der Waals surface area contributed by atoms with Gasteiger partial charge in [0, 0.05) is 18.7 Å². The van der Waals surface area contributed by atoms with Gasteiger partial charge in [-0.05, 0) is 49.1 Å². The largest absolute Gasteiger partial charge is 0.490 e. The summed E-state index contributed by atoms with van der Waals surface area (Å²) < 4.78 is 11.5. The third-order valence-electron chi connectivity index (χ3n) is 4.30. The highest BCUT2D eigenvalue weighted by atomic mass is 35.5. The molecule has 0 aromatic heterocycles. The van der Waals surface area contributed by atoms with Crippen LogP contribution < -0.4 is 14.8 Å². The van der Waals surface area contributed by atoms with Gasteiger partial charge in [-0.3, -0.25) is 10.1 Å². The summed E-state index contributed by atoms with van der Waals surface area (Å²) in [6.45, 7) is 5.89. The van der Waals surface area contributed by atoms with Crippen LogP contribution in [0.5, 0.6) is 11.5 Å². The van der Waals surface area contributed by atoms with Crippen LogP contribution in [0.4, 0.5) is 5.69 Å². The molecule has 1 atom stereocenters. The number of hydrogen-bond donors (Lipinski definition) is 1. The number of nitro groups is 1. The van der Waals surface area contributed by atoms with E-state index < -0.39 is 0 Å². The minimum atomic E-state index is -0.381. The molecule has 0 aliphatic carbocycles. The molecule has 0 saturated heterocycles. The van der Waals surface area contributed by atoms with Crippen molar-refractivity contribution in [2.24, 2.45) is 0 Å². The number of ether oxygens (including phenoxy) is 2. The van der Waals surface area contributed by atoms with Crippen molar-refractivity contribution in [3.63, 3.8) is 0 Å². The van der Waals surface area contributed by atoms with E-state index in [2.05, 4.69) is 11.4 Å². The van der Waals surface area contributed by atoms with Crippen LogP contribution in [0.3, 0.4) is 0 Å². The molecule has 26 heavy (non-hydrogen) atoms. The average Bonchev–Trinajstić information content (AvgIpc) is 2.62. The van der Waals surface area contributed by atoms with Crippen LogP contribution in [-0.4, -0.2) is 24.7 Å². The number of rotatable bonds is 6. The number of benzene rings is 2. The van der Waals surface area contributed by atoms with Gasteiger partial charge < -0.3 is 14.8 Å². The van der Waals surface area contributed by atoms with E-state index in [0.717, 1.165) is 35.6 Å². The van der Waals surface area contributed by atoms with Gasteiger partial charge in [0.2, 0.25) is 0 Å². The Balaban J connectivity index is 0.00000243. The van der Waals surface area contributed by atoms with Crippen LogP contribution in [0.2, 0.25) is 0 Å². The molecule has 6 nitrogen and oxygen atoms in total. The maximum atomic E-state index is 10.9. The van der Waals surface area contributed by atoms with Crippen LogP contribution in [-0.2, 0) is 6.42 Å². The second-order valence-electron chi connectivity index (χ2n) is 5.85. The first-order valence-electron chi connectivity index (χ1n) is 8.54. The Morgan fingerprint density at radius 2 is 1.73 bits per heavy atom. The average molecular weight is 379 g/mol. The van der Waals surface area contributed by atoms with E-state index in [1.54, 1.807) is 12.1 Å². The van der Waals surface area contributed by atoms with Gasteiger partial charge >= 0.3 is 0 Å². The van der Waals surface area contributed by atoms with Gasteiger partial charge in [-0.1, -0.05) is 12.1 Å². The van der Waals surface area contributed by atoms with Crippen molar-refractivity contribution in [1.29, 1.82) is 0 Å². The maximum Gasteiger partial charge on any atom is 0.269 e. The number of hydrogen-bond acceptors (Lipinski definition) is 5. The molecule has 140 valence electrons. The van der Waals surface area contributed by atoms with Crippen molar-refractivity contribution >= 4 is 18.1 Å². The molecule has 1 N–H and O–H groups in total. The molecule has 7 heteroatoms. The Bertz CT molecular complexity index is 765. The molecule has 0 saturated carbocycles. The molecular formula is C19H23ClN2O4. The highest BCUT2D eigenvalue weighted by Gasteiger charge is 2.24. The van der Waals surface area contributed by atoms with Crippen molar-refractivity contribution in [2.45, 2.75) is 26.3 Å². The van der Waals surface area contributed by atoms with Gasteiger partial charge in [0.05, 0.1) is 24.2 Å². The van der Waals surface area contributed by atoms with E-state index in [9.17, 15) is 10.1 Å². The molecule has 1 aliphatic rings. The Morgan fingerprint density at radius 3 is 2.31 bits per heavy atom. The second-order valence-corrected chi connectivity index (χ2v) is 5.85. The van der Waals surface area contributed by atoms with Gasteiger partial charge in [0.15, 0.2) is 11.5 Å². The summed E-state index contributed by atoms with van der Waals surface area (Å²) in [5.74, 6) is 1.51. The van der Waals surface area contributed by atoms with Crippen molar-refractivity contribution in [3.05, 3.63) is 63.2 Å². The van der Waals surface area contributed by atoms with Crippen LogP contribution in [0.25, 0.3) is 0 Å². The van der Waals surface area contributed by atoms with Gasteiger partial charge in [-0.15, -0.1) is 12.4 Å². The maximum absolute atomic E-state index is 10.9. The summed E-state index contributed by atoms with van der Waals surface area (Å²) in [4.78, 5) is 10.5.